The first-order valence-electron chi connectivity index (χ1n) is 8.44. The number of anilines is 2. The first-order valence-corrected chi connectivity index (χ1v) is 8.44. The molecular weight excluding hydrogens is 342 g/mol. The van der Waals surface area contributed by atoms with Gasteiger partial charge < -0.3 is 20.7 Å². The molecule has 0 amide bonds. The highest BCUT2D eigenvalue weighted by Crippen LogP contribution is 2.17. The van der Waals surface area contributed by atoms with Crippen LogP contribution in [0.4, 0.5) is 20.7 Å². The van der Waals surface area contributed by atoms with Gasteiger partial charge in [0.15, 0.2) is 0 Å². The van der Waals surface area contributed by atoms with Crippen molar-refractivity contribution in [3.05, 3.63) is 41.7 Å². The molecule has 0 radical (unpaired) electrons. The third-order valence-electron chi connectivity index (χ3n) is 4.25. The molecule has 1 aliphatic heterocycles. The van der Waals surface area contributed by atoms with Gasteiger partial charge >= 0.3 is 0 Å². The van der Waals surface area contributed by atoms with Crippen LogP contribution in [0.25, 0.3) is 0 Å². The molecule has 0 saturated carbocycles. The van der Waals surface area contributed by atoms with Gasteiger partial charge in [0.1, 0.15) is 18.0 Å². The number of nitrogens with zero attached hydrogens (tertiary/aromatic N) is 4. The average molecular weight is 364 g/mol. The second-order valence-electron chi connectivity index (χ2n) is 6.34. The molecule has 0 aliphatic carbocycles. The lowest BCUT2D eigenvalue weighted by molar-refractivity contribution is 0.185. The standard InChI is InChI=1S/C17H22F2N6O/c1-26-9-14(6-11-2-3-12(18)7-15(11)19)23-16-21-10-22-17(24-16)25-5-4-13(20)8-25/h2-3,7,10,13-14H,4-6,8-9,20H2,1H3,(H,21,22,23,24). The Kier molecular flexibility index (Phi) is 5.89. The van der Waals surface area contributed by atoms with Crippen LogP contribution in [0.2, 0.25) is 0 Å². The Balaban J connectivity index is 1.71. The minimum absolute atomic E-state index is 0.117. The quantitative estimate of drug-likeness (QED) is 0.767. The Morgan fingerprint density at radius 2 is 2.23 bits per heavy atom. The van der Waals surface area contributed by atoms with Crippen molar-refractivity contribution in [3.63, 3.8) is 0 Å². The molecular formula is C17H22F2N6O. The van der Waals surface area contributed by atoms with Crippen molar-refractivity contribution < 1.29 is 13.5 Å². The van der Waals surface area contributed by atoms with Gasteiger partial charge in [0, 0.05) is 32.3 Å². The number of methoxy groups -OCH3 is 1. The number of hydrogen-bond donors (Lipinski definition) is 2. The summed E-state index contributed by atoms with van der Waals surface area (Å²) >= 11 is 0. The lowest BCUT2D eigenvalue weighted by atomic mass is 10.1. The highest BCUT2D eigenvalue weighted by atomic mass is 19.1. The van der Waals surface area contributed by atoms with E-state index in [2.05, 4.69) is 20.3 Å². The molecule has 9 heteroatoms. The zero-order valence-electron chi connectivity index (χ0n) is 14.5. The highest BCUT2D eigenvalue weighted by Gasteiger charge is 2.22. The van der Waals surface area contributed by atoms with Crippen LogP contribution >= 0.6 is 0 Å². The Hall–Kier alpha value is -2.39. The number of ether oxygens (including phenoxy) is 1. The molecule has 2 heterocycles. The number of benzene rings is 1. The Labute approximate surface area is 150 Å². The first kappa shape index (κ1) is 18.4. The maximum Gasteiger partial charge on any atom is 0.230 e. The van der Waals surface area contributed by atoms with Crippen LogP contribution in [0.5, 0.6) is 0 Å². The molecule has 140 valence electrons. The summed E-state index contributed by atoms with van der Waals surface area (Å²) < 4.78 is 32.2. The summed E-state index contributed by atoms with van der Waals surface area (Å²) in [7, 11) is 1.56. The number of aromatic nitrogens is 3. The molecule has 1 aliphatic rings. The SMILES string of the molecule is COCC(Cc1ccc(F)cc1F)Nc1ncnc(N2CCC(N)C2)n1. The molecule has 7 nitrogen and oxygen atoms in total. The smallest absolute Gasteiger partial charge is 0.230 e. The molecule has 2 aromatic rings. The van der Waals surface area contributed by atoms with E-state index in [9.17, 15) is 8.78 Å². The maximum absolute atomic E-state index is 13.9. The van der Waals surface area contributed by atoms with E-state index in [1.54, 1.807) is 7.11 Å². The summed E-state index contributed by atoms with van der Waals surface area (Å²) in [6.45, 7) is 1.81. The fourth-order valence-corrected chi connectivity index (χ4v) is 2.97. The molecule has 1 saturated heterocycles. The van der Waals surface area contributed by atoms with Crippen LogP contribution in [-0.4, -0.2) is 53.8 Å². The van der Waals surface area contributed by atoms with E-state index in [1.165, 1.54) is 18.5 Å². The zero-order valence-corrected chi connectivity index (χ0v) is 14.5. The third kappa shape index (κ3) is 4.61. The van der Waals surface area contributed by atoms with Crippen molar-refractivity contribution in [2.45, 2.75) is 24.9 Å². The number of halogens is 2. The molecule has 0 spiro atoms. The summed E-state index contributed by atoms with van der Waals surface area (Å²) in [5, 5.41) is 3.14. The van der Waals surface area contributed by atoms with Gasteiger partial charge in [-0.2, -0.15) is 4.98 Å². The lowest BCUT2D eigenvalue weighted by Gasteiger charge is -2.20. The van der Waals surface area contributed by atoms with E-state index in [-0.39, 0.29) is 12.1 Å². The van der Waals surface area contributed by atoms with Crippen LogP contribution in [0, 0.1) is 11.6 Å². The molecule has 3 N–H and O–H groups in total. The molecule has 1 aromatic carbocycles. The van der Waals surface area contributed by atoms with Crippen LogP contribution in [-0.2, 0) is 11.2 Å². The highest BCUT2D eigenvalue weighted by molar-refractivity contribution is 5.38. The summed E-state index contributed by atoms with van der Waals surface area (Å²) in [5.41, 5.74) is 6.31. The minimum atomic E-state index is -0.603. The van der Waals surface area contributed by atoms with Gasteiger partial charge in [0.2, 0.25) is 11.9 Å². The van der Waals surface area contributed by atoms with Gasteiger partial charge in [-0.25, -0.2) is 18.7 Å². The fourth-order valence-electron chi connectivity index (χ4n) is 2.97. The molecule has 2 unspecified atom stereocenters. The summed E-state index contributed by atoms with van der Waals surface area (Å²) in [5.74, 6) is -0.261. The number of nitrogens with one attached hydrogen (secondary N) is 1. The predicted molar refractivity (Wildman–Crippen MR) is 94.0 cm³/mol. The van der Waals surface area contributed by atoms with Gasteiger partial charge in [0.05, 0.1) is 12.6 Å². The second kappa shape index (κ2) is 8.33. The Bertz CT molecular complexity index is 747. The normalized spacial score (nSPS) is 18.2. The van der Waals surface area contributed by atoms with E-state index in [1.807, 2.05) is 4.90 Å². The van der Waals surface area contributed by atoms with Gasteiger partial charge in [-0.05, 0) is 24.5 Å². The van der Waals surface area contributed by atoms with Gasteiger partial charge in [0.25, 0.3) is 0 Å². The van der Waals surface area contributed by atoms with E-state index in [0.717, 1.165) is 19.0 Å². The number of nitrogens with two attached hydrogens (primary N) is 1. The topological polar surface area (TPSA) is 89.2 Å². The minimum Gasteiger partial charge on any atom is -0.383 e. The number of rotatable bonds is 7. The lowest BCUT2D eigenvalue weighted by Crippen LogP contribution is -2.30. The predicted octanol–water partition coefficient (Wildman–Crippen LogP) is 1.36. The summed E-state index contributed by atoms with van der Waals surface area (Å²) in [4.78, 5) is 14.7. The van der Waals surface area contributed by atoms with Gasteiger partial charge in [-0.15, -0.1) is 0 Å². The number of hydrogen-bond acceptors (Lipinski definition) is 7. The van der Waals surface area contributed by atoms with Crippen LogP contribution < -0.4 is 16.0 Å². The molecule has 26 heavy (non-hydrogen) atoms. The average Bonchev–Trinajstić information content (AvgIpc) is 3.04. The Morgan fingerprint density at radius 1 is 1.38 bits per heavy atom. The van der Waals surface area contributed by atoms with Gasteiger partial charge in [-0.3, -0.25) is 0 Å². The molecule has 0 bridgehead atoms. The second-order valence-corrected chi connectivity index (χ2v) is 6.34. The van der Waals surface area contributed by atoms with Crippen molar-refractivity contribution in [1.29, 1.82) is 0 Å². The molecule has 1 aromatic heterocycles. The molecule has 3 rings (SSSR count). The van der Waals surface area contributed by atoms with Crippen LogP contribution in [0.3, 0.4) is 0 Å². The summed E-state index contributed by atoms with van der Waals surface area (Å²) in [6, 6.07) is 3.37. The van der Waals surface area contributed by atoms with Crippen molar-refractivity contribution in [3.8, 4) is 0 Å². The summed E-state index contributed by atoms with van der Waals surface area (Å²) in [6.07, 6.45) is 2.62. The third-order valence-corrected chi connectivity index (χ3v) is 4.25. The largest absolute Gasteiger partial charge is 0.383 e. The zero-order chi connectivity index (χ0) is 18.5. The fraction of sp³-hybridized carbons (Fsp3) is 0.471. The molecule has 1 fully saturated rings. The first-order chi connectivity index (χ1) is 12.5. The van der Waals surface area contributed by atoms with Crippen molar-refractivity contribution >= 4 is 11.9 Å². The van der Waals surface area contributed by atoms with Crippen molar-refractivity contribution in [2.75, 3.05) is 37.0 Å². The van der Waals surface area contributed by atoms with E-state index in [4.69, 9.17) is 10.5 Å². The van der Waals surface area contributed by atoms with Crippen LogP contribution in [0.1, 0.15) is 12.0 Å². The van der Waals surface area contributed by atoms with E-state index < -0.39 is 11.6 Å². The van der Waals surface area contributed by atoms with Crippen molar-refractivity contribution in [2.24, 2.45) is 5.73 Å². The molecule has 2 atom stereocenters. The van der Waals surface area contributed by atoms with Gasteiger partial charge in [-0.1, -0.05) is 6.07 Å². The van der Waals surface area contributed by atoms with Crippen LogP contribution in [0.15, 0.2) is 24.5 Å². The Morgan fingerprint density at radius 3 is 2.92 bits per heavy atom. The van der Waals surface area contributed by atoms with Crippen molar-refractivity contribution in [1.82, 2.24) is 15.0 Å². The monoisotopic (exact) mass is 364 g/mol. The van der Waals surface area contributed by atoms with E-state index in [0.29, 0.717) is 37.0 Å². The van der Waals surface area contributed by atoms with E-state index >= 15 is 0 Å². The maximum atomic E-state index is 13.9.